The lowest BCUT2D eigenvalue weighted by atomic mass is 10.1. The van der Waals surface area contributed by atoms with Gasteiger partial charge in [-0.1, -0.05) is 41.9 Å². The highest BCUT2D eigenvalue weighted by Gasteiger charge is 2.32. The number of nitrogens with one attached hydrogen (secondary N) is 1. The number of halogens is 2. The molecular formula is C29H24BrClN6O3. The monoisotopic (exact) mass is 618 g/mol. The second kappa shape index (κ2) is 10.4. The number of hydrogen-bond donors (Lipinski definition) is 1. The van der Waals surface area contributed by atoms with Gasteiger partial charge in [0.25, 0.3) is 11.8 Å². The van der Waals surface area contributed by atoms with Crippen molar-refractivity contribution in [2.75, 3.05) is 6.54 Å². The molecule has 3 heterocycles. The summed E-state index contributed by atoms with van der Waals surface area (Å²) in [5.41, 5.74) is 3.86. The summed E-state index contributed by atoms with van der Waals surface area (Å²) < 4.78 is 5.58. The molecule has 0 radical (unpaired) electrons. The molecule has 0 aliphatic carbocycles. The summed E-state index contributed by atoms with van der Waals surface area (Å²) in [7, 11) is 1.87. The van der Waals surface area contributed by atoms with Crippen LogP contribution in [0.3, 0.4) is 0 Å². The van der Waals surface area contributed by atoms with Gasteiger partial charge < -0.3 is 14.8 Å². The predicted octanol–water partition coefficient (Wildman–Crippen LogP) is 4.53. The van der Waals surface area contributed by atoms with Crippen LogP contribution in [-0.4, -0.2) is 41.9 Å². The highest BCUT2D eigenvalue weighted by Crippen LogP contribution is 2.26. The topological polar surface area (TPSA) is 94.2 Å². The molecule has 6 rings (SSSR count). The standard InChI is InChI=1S/C29H24BrClN6O3/c1-34-17-33-23-10-8-20(14-24(23)34)37-26(27(38)32-15-18-5-3-2-4-6-18)25-16-35(11-12-36(25)29(37)40)28(39)19-7-9-21(30)22(31)13-19/h2-10,13-14,17H,11-12,15-16H2,1H3,(H,32,38). The molecule has 1 N–H and O–H groups in total. The van der Waals surface area contributed by atoms with Crippen LogP contribution in [-0.2, 0) is 26.7 Å². The van der Waals surface area contributed by atoms with Crippen molar-refractivity contribution < 1.29 is 9.59 Å². The van der Waals surface area contributed by atoms with Gasteiger partial charge in [0.2, 0.25) is 0 Å². The summed E-state index contributed by atoms with van der Waals surface area (Å²) in [6.07, 6.45) is 1.70. The molecule has 0 bridgehead atoms. The lowest BCUT2D eigenvalue weighted by Gasteiger charge is -2.28. The smallest absolute Gasteiger partial charge is 0.333 e. The van der Waals surface area contributed by atoms with Gasteiger partial charge >= 0.3 is 5.69 Å². The van der Waals surface area contributed by atoms with Crippen molar-refractivity contribution >= 4 is 50.4 Å². The summed E-state index contributed by atoms with van der Waals surface area (Å²) in [5, 5.41) is 3.39. The minimum Gasteiger partial charge on any atom is -0.347 e. The number of aromatic nitrogens is 4. The number of aryl methyl sites for hydroxylation is 1. The normalized spacial score (nSPS) is 12.9. The van der Waals surface area contributed by atoms with Crippen molar-refractivity contribution in [1.82, 2.24) is 28.9 Å². The first-order chi connectivity index (χ1) is 19.3. The van der Waals surface area contributed by atoms with Crippen LogP contribution in [0.15, 0.2) is 82.3 Å². The summed E-state index contributed by atoms with van der Waals surface area (Å²) in [4.78, 5) is 47.0. The van der Waals surface area contributed by atoms with Crippen LogP contribution in [0.5, 0.6) is 0 Å². The molecule has 5 aromatic rings. The SMILES string of the molecule is Cn1cnc2ccc(-n3c(C(=O)NCc4ccccc4)c4n(c3=O)CCN(C(=O)c3ccc(Br)c(Cl)c3)C4)cc21. The Hall–Kier alpha value is -4.15. The Labute approximate surface area is 242 Å². The highest BCUT2D eigenvalue weighted by atomic mass is 79.9. The van der Waals surface area contributed by atoms with Gasteiger partial charge in [-0.25, -0.2) is 9.78 Å². The molecule has 1 aliphatic rings. The first-order valence-corrected chi connectivity index (χ1v) is 13.8. The maximum absolute atomic E-state index is 13.8. The first-order valence-electron chi connectivity index (χ1n) is 12.6. The minimum absolute atomic E-state index is 0.0940. The van der Waals surface area contributed by atoms with Gasteiger partial charge in [0.1, 0.15) is 5.69 Å². The van der Waals surface area contributed by atoms with Gasteiger partial charge in [0.15, 0.2) is 0 Å². The van der Waals surface area contributed by atoms with E-state index in [1.54, 1.807) is 40.1 Å². The minimum atomic E-state index is -0.402. The van der Waals surface area contributed by atoms with Crippen LogP contribution >= 0.6 is 27.5 Å². The number of carbonyl (C=O) groups is 2. The Morgan fingerprint density at radius 3 is 2.62 bits per heavy atom. The average Bonchev–Trinajstić information content (AvgIpc) is 3.49. The van der Waals surface area contributed by atoms with Crippen molar-refractivity contribution in [3.63, 3.8) is 0 Å². The zero-order valence-corrected chi connectivity index (χ0v) is 23.8. The lowest BCUT2D eigenvalue weighted by molar-refractivity contribution is 0.0706. The van der Waals surface area contributed by atoms with Crippen LogP contribution < -0.4 is 11.0 Å². The van der Waals surface area contributed by atoms with E-state index in [4.69, 9.17) is 11.6 Å². The number of imidazole rings is 2. The fourth-order valence-electron chi connectivity index (χ4n) is 5.03. The van der Waals surface area contributed by atoms with Crippen molar-refractivity contribution in [1.29, 1.82) is 0 Å². The molecule has 9 nitrogen and oxygen atoms in total. The van der Waals surface area contributed by atoms with Crippen LogP contribution in [0.1, 0.15) is 32.1 Å². The second-order valence-electron chi connectivity index (χ2n) is 9.62. The molecule has 2 amide bonds. The maximum Gasteiger partial charge on any atom is 0.333 e. The number of rotatable bonds is 5. The van der Waals surface area contributed by atoms with E-state index in [1.165, 1.54) is 4.57 Å². The van der Waals surface area contributed by atoms with Crippen molar-refractivity contribution in [3.05, 3.63) is 116 Å². The Balaban J connectivity index is 1.43. The van der Waals surface area contributed by atoms with E-state index >= 15 is 0 Å². The fourth-order valence-corrected chi connectivity index (χ4v) is 5.46. The van der Waals surface area contributed by atoms with E-state index in [1.807, 2.05) is 54.1 Å². The Kier molecular flexibility index (Phi) is 6.81. The van der Waals surface area contributed by atoms with Gasteiger partial charge in [-0.3, -0.25) is 18.7 Å². The second-order valence-corrected chi connectivity index (χ2v) is 10.9. The number of benzene rings is 3. The zero-order valence-electron chi connectivity index (χ0n) is 21.5. The van der Waals surface area contributed by atoms with E-state index in [-0.39, 0.29) is 30.4 Å². The van der Waals surface area contributed by atoms with Gasteiger partial charge in [-0.15, -0.1) is 0 Å². The van der Waals surface area contributed by atoms with Gasteiger partial charge in [0.05, 0.1) is 40.3 Å². The van der Waals surface area contributed by atoms with E-state index in [0.717, 1.165) is 16.6 Å². The molecular weight excluding hydrogens is 596 g/mol. The number of carbonyl (C=O) groups excluding carboxylic acids is 2. The number of nitrogens with zero attached hydrogens (tertiary/aromatic N) is 5. The number of fused-ring (bicyclic) bond motifs is 2. The summed E-state index contributed by atoms with van der Waals surface area (Å²) >= 11 is 9.60. The van der Waals surface area contributed by atoms with E-state index in [0.29, 0.717) is 39.5 Å². The van der Waals surface area contributed by atoms with Gasteiger partial charge in [-0.05, 0) is 57.9 Å². The Bertz CT molecular complexity index is 1840. The summed E-state index contributed by atoms with van der Waals surface area (Å²) in [5.74, 6) is -0.631. The third kappa shape index (κ3) is 4.63. The molecule has 1 aliphatic heterocycles. The van der Waals surface area contributed by atoms with Crippen molar-refractivity contribution in [2.45, 2.75) is 19.6 Å². The van der Waals surface area contributed by atoms with Crippen LogP contribution in [0, 0.1) is 0 Å². The van der Waals surface area contributed by atoms with E-state index in [9.17, 15) is 14.4 Å². The van der Waals surface area contributed by atoms with Crippen LogP contribution in [0.4, 0.5) is 0 Å². The molecule has 0 saturated carbocycles. The van der Waals surface area contributed by atoms with E-state index < -0.39 is 5.91 Å². The van der Waals surface area contributed by atoms with Gasteiger partial charge in [-0.2, -0.15) is 0 Å². The van der Waals surface area contributed by atoms with Crippen molar-refractivity contribution in [3.8, 4) is 5.69 Å². The van der Waals surface area contributed by atoms with E-state index in [2.05, 4.69) is 26.2 Å². The quantitative estimate of drug-likeness (QED) is 0.313. The third-order valence-electron chi connectivity index (χ3n) is 7.11. The molecule has 0 fully saturated rings. The Morgan fingerprint density at radius 1 is 1.05 bits per heavy atom. The molecule has 2 aromatic heterocycles. The molecule has 202 valence electrons. The van der Waals surface area contributed by atoms with Crippen LogP contribution in [0.25, 0.3) is 16.7 Å². The Morgan fingerprint density at radius 2 is 1.85 bits per heavy atom. The molecule has 11 heteroatoms. The summed E-state index contributed by atoms with van der Waals surface area (Å²) in [6, 6.07) is 20.0. The average molecular weight is 620 g/mol. The number of amides is 2. The lowest BCUT2D eigenvalue weighted by Crippen LogP contribution is -2.41. The molecule has 0 spiro atoms. The van der Waals surface area contributed by atoms with Crippen molar-refractivity contribution in [2.24, 2.45) is 7.05 Å². The zero-order chi connectivity index (χ0) is 28.0. The third-order valence-corrected chi connectivity index (χ3v) is 8.34. The maximum atomic E-state index is 13.8. The molecule has 3 aromatic carbocycles. The molecule has 0 atom stereocenters. The molecule has 40 heavy (non-hydrogen) atoms. The molecule has 0 unspecified atom stereocenters. The largest absolute Gasteiger partial charge is 0.347 e. The molecule has 0 saturated heterocycles. The number of hydrogen-bond acceptors (Lipinski definition) is 4. The summed E-state index contributed by atoms with van der Waals surface area (Å²) in [6.45, 7) is 0.954. The first kappa shape index (κ1) is 26.1. The fraction of sp³-hybridized carbons (Fsp3) is 0.172. The van der Waals surface area contributed by atoms with Crippen LogP contribution in [0.2, 0.25) is 5.02 Å². The highest BCUT2D eigenvalue weighted by molar-refractivity contribution is 9.10. The predicted molar refractivity (Wildman–Crippen MR) is 156 cm³/mol. The van der Waals surface area contributed by atoms with Gasteiger partial charge in [0, 0.05) is 36.7 Å².